The molecule has 0 aliphatic rings. The van der Waals surface area contributed by atoms with Gasteiger partial charge in [0.2, 0.25) is 0 Å². The highest BCUT2D eigenvalue weighted by molar-refractivity contribution is 6.35. The van der Waals surface area contributed by atoms with Crippen LogP contribution in [0.15, 0.2) is 18.2 Å². The Labute approximate surface area is 101 Å². The Hall–Kier alpha value is -0.440. The molecule has 84 valence electrons. The minimum Gasteiger partial charge on any atom is -0.492 e. The molecule has 2 nitrogen and oxygen atoms in total. The third-order valence-electron chi connectivity index (χ3n) is 1.90. The number of hydrogen-bond donors (Lipinski definition) is 1. The molecule has 0 saturated heterocycles. The van der Waals surface area contributed by atoms with Crippen LogP contribution in [0.25, 0.3) is 0 Å². The third kappa shape index (κ3) is 4.74. The smallest absolute Gasteiger partial charge is 0.137 e. The number of ether oxygens (including phenoxy) is 1. The average Bonchev–Trinajstić information content (AvgIpc) is 2.20. The monoisotopic (exact) mass is 247 g/mol. The molecule has 0 saturated carbocycles. The van der Waals surface area contributed by atoms with Gasteiger partial charge in [-0.25, -0.2) is 0 Å². The molecule has 1 aromatic rings. The van der Waals surface area contributed by atoms with E-state index in [1.54, 1.807) is 18.2 Å². The standard InChI is InChI=1S/C11H15Cl2NO/c1-2-14-6-3-7-15-11-5-4-9(12)8-10(11)13/h4-5,8,14H,2-3,6-7H2,1H3. The van der Waals surface area contributed by atoms with Crippen molar-refractivity contribution in [3.8, 4) is 5.75 Å². The first-order valence-electron chi connectivity index (χ1n) is 5.02. The second-order valence-electron chi connectivity index (χ2n) is 3.13. The van der Waals surface area contributed by atoms with Crippen LogP contribution in [0.5, 0.6) is 5.75 Å². The summed E-state index contributed by atoms with van der Waals surface area (Å²) in [5.41, 5.74) is 0. The molecule has 1 rings (SSSR count). The van der Waals surface area contributed by atoms with E-state index >= 15 is 0 Å². The van der Waals surface area contributed by atoms with E-state index in [1.807, 2.05) is 0 Å². The summed E-state index contributed by atoms with van der Waals surface area (Å²) in [6, 6.07) is 5.24. The quantitative estimate of drug-likeness (QED) is 0.779. The maximum Gasteiger partial charge on any atom is 0.137 e. The Morgan fingerprint density at radius 2 is 2.13 bits per heavy atom. The van der Waals surface area contributed by atoms with Crippen molar-refractivity contribution in [3.05, 3.63) is 28.2 Å². The highest BCUT2D eigenvalue weighted by atomic mass is 35.5. The van der Waals surface area contributed by atoms with E-state index in [9.17, 15) is 0 Å². The van der Waals surface area contributed by atoms with Crippen LogP contribution in [0.1, 0.15) is 13.3 Å². The molecule has 0 aromatic heterocycles. The molecule has 0 aliphatic carbocycles. The molecular weight excluding hydrogens is 233 g/mol. The summed E-state index contributed by atoms with van der Waals surface area (Å²) < 4.78 is 5.51. The summed E-state index contributed by atoms with van der Waals surface area (Å²) in [6.45, 7) is 4.69. The molecule has 0 atom stereocenters. The van der Waals surface area contributed by atoms with Crippen LogP contribution in [-0.4, -0.2) is 19.7 Å². The summed E-state index contributed by atoms with van der Waals surface area (Å²) in [5.74, 6) is 0.692. The zero-order valence-electron chi connectivity index (χ0n) is 8.72. The largest absolute Gasteiger partial charge is 0.492 e. The fourth-order valence-corrected chi connectivity index (χ4v) is 1.61. The molecule has 15 heavy (non-hydrogen) atoms. The Morgan fingerprint density at radius 1 is 1.33 bits per heavy atom. The van der Waals surface area contributed by atoms with Gasteiger partial charge in [0.25, 0.3) is 0 Å². The molecule has 0 unspecified atom stereocenters. The molecule has 1 aromatic carbocycles. The zero-order chi connectivity index (χ0) is 11.1. The minimum absolute atomic E-state index is 0.561. The molecule has 0 spiro atoms. The molecule has 0 aliphatic heterocycles. The van der Waals surface area contributed by atoms with Crippen molar-refractivity contribution < 1.29 is 4.74 Å². The Morgan fingerprint density at radius 3 is 2.80 bits per heavy atom. The zero-order valence-corrected chi connectivity index (χ0v) is 10.2. The molecular formula is C11H15Cl2NO. The first-order valence-corrected chi connectivity index (χ1v) is 5.78. The normalized spacial score (nSPS) is 10.3. The van der Waals surface area contributed by atoms with E-state index in [-0.39, 0.29) is 0 Å². The van der Waals surface area contributed by atoms with Gasteiger partial charge < -0.3 is 10.1 Å². The van der Waals surface area contributed by atoms with Crippen LogP contribution >= 0.6 is 23.2 Å². The maximum absolute atomic E-state index is 5.94. The lowest BCUT2D eigenvalue weighted by molar-refractivity contribution is 0.309. The van der Waals surface area contributed by atoms with Crippen LogP contribution < -0.4 is 10.1 Å². The van der Waals surface area contributed by atoms with Crippen molar-refractivity contribution in [3.63, 3.8) is 0 Å². The van der Waals surface area contributed by atoms with Gasteiger partial charge in [0.05, 0.1) is 11.6 Å². The van der Waals surface area contributed by atoms with Gasteiger partial charge in [-0.15, -0.1) is 0 Å². The van der Waals surface area contributed by atoms with Crippen LogP contribution in [0.3, 0.4) is 0 Å². The Kier molecular flexibility index (Phi) is 5.84. The Balaban J connectivity index is 2.31. The molecule has 0 fully saturated rings. The molecule has 0 heterocycles. The number of hydrogen-bond acceptors (Lipinski definition) is 2. The topological polar surface area (TPSA) is 21.3 Å². The van der Waals surface area contributed by atoms with Crippen LogP contribution in [0, 0.1) is 0 Å². The highest BCUT2D eigenvalue weighted by Gasteiger charge is 2.01. The first-order chi connectivity index (χ1) is 7.24. The van der Waals surface area contributed by atoms with E-state index in [4.69, 9.17) is 27.9 Å². The number of benzene rings is 1. The lowest BCUT2D eigenvalue weighted by Gasteiger charge is -2.08. The lowest BCUT2D eigenvalue weighted by atomic mass is 10.3. The highest BCUT2D eigenvalue weighted by Crippen LogP contribution is 2.27. The first kappa shape index (κ1) is 12.6. The average molecular weight is 248 g/mol. The summed E-state index contributed by atoms with van der Waals surface area (Å²) in [6.07, 6.45) is 0.965. The van der Waals surface area contributed by atoms with E-state index in [0.29, 0.717) is 22.4 Å². The van der Waals surface area contributed by atoms with Gasteiger partial charge in [-0.1, -0.05) is 30.1 Å². The fourth-order valence-electron chi connectivity index (χ4n) is 1.15. The molecule has 0 radical (unpaired) electrons. The predicted molar refractivity (Wildman–Crippen MR) is 65.1 cm³/mol. The lowest BCUT2D eigenvalue weighted by Crippen LogP contribution is -2.16. The summed E-state index contributed by atoms with van der Waals surface area (Å²) in [5, 5.41) is 4.41. The van der Waals surface area contributed by atoms with Gasteiger partial charge in [0, 0.05) is 5.02 Å². The predicted octanol–water partition coefficient (Wildman–Crippen LogP) is 3.37. The number of nitrogens with one attached hydrogen (secondary N) is 1. The number of rotatable bonds is 6. The van der Waals surface area contributed by atoms with Gasteiger partial charge in [0.1, 0.15) is 5.75 Å². The molecule has 1 N–H and O–H groups in total. The van der Waals surface area contributed by atoms with E-state index in [0.717, 1.165) is 19.5 Å². The van der Waals surface area contributed by atoms with Crippen molar-refractivity contribution >= 4 is 23.2 Å². The molecule has 0 amide bonds. The third-order valence-corrected chi connectivity index (χ3v) is 2.43. The van der Waals surface area contributed by atoms with E-state index in [2.05, 4.69) is 12.2 Å². The summed E-state index contributed by atoms with van der Waals surface area (Å²) in [7, 11) is 0. The Bertz CT molecular complexity index is 305. The molecule has 0 bridgehead atoms. The van der Waals surface area contributed by atoms with Gasteiger partial charge in [0.15, 0.2) is 0 Å². The fraction of sp³-hybridized carbons (Fsp3) is 0.455. The van der Waals surface area contributed by atoms with Crippen molar-refractivity contribution in [2.45, 2.75) is 13.3 Å². The number of halogens is 2. The SMILES string of the molecule is CCNCCCOc1ccc(Cl)cc1Cl. The summed E-state index contributed by atoms with van der Waals surface area (Å²) in [4.78, 5) is 0. The second kappa shape index (κ2) is 6.94. The van der Waals surface area contributed by atoms with Crippen molar-refractivity contribution in [1.29, 1.82) is 0 Å². The van der Waals surface area contributed by atoms with Crippen molar-refractivity contribution in [2.24, 2.45) is 0 Å². The van der Waals surface area contributed by atoms with Gasteiger partial charge in [-0.05, 0) is 37.7 Å². The van der Waals surface area contributed by atoms with Gasteiger partial charge in [-0.2, -0.15) is 0 Å². The van der Waals surface area contributed by atoms with Gasteiger partial charge in [-0.3, -0.25) is 0 Å². The second-order valence-corrected chi connectivity index (χ2v) is 3.97. The summed E-state index contributed by atoms with van der Waals surface area (Å²) >= 11 is 11.7. The van der Waals surface area contributed by atoms with Crippen LogP contribution in [0.2, 0.25) is 10.0 Å². The van der Waals surface area contributed by atoms with E-state index in [1.165, 1.54) is 0 Å². The minimum atomic E-state index is 0.561. The van der Waals surface area contributed by atoms with Gasteiger partial charge >= 0.3 is 0 Å². The maximum atomic E-state index is 5.94. The molecule has 4 heteroatoms. The van der Waals surface area contributed by atoms with Crippen molar-refractivity contribution in [2.75, 3.05) is 19.7 Å². The van der Waals surface area contributed by atoms with E-state index < -0.39 is 0 Å². The van der Waals surface area contributed by atoms with Crippen LogP contribution in [-0.2, 0) is 0 Å². The van der Waals surface area contributed by atoms with Crippen molar-refractivity contribution in [1.82, 2.24) is 5.32 Å². The van der Waals surface area contributed by atoms with Crippen LogP contribution in [0.4, 0.5) is 0 Å².